The number of aryl methyl sites for hydroxylation is 4. The van der Waals surface area contributed by atoms with Gasteiger partial charge in [-0.15, -0.1) is 0 Å². The van der Waals surface area contributed by atoms with Crippen molar-refractivity contribution >= 4 is 0 Å². The lowest BCUT2D eigenvalue weighted by molar-refractivity contribution is 0.444. The number of hydrogen-bond acceptors (Lipinski definition) is 2. The molecule has 0 radical (unpaired) electrons. The van der Waals surface area contributed by atoms with Crippen LogP contribution in [0, 0.1) is 33.6 Å². The largest absolute Gasteiger partial charge is 0.507 e. The van der Waals surface area contributed by atoms with E-state index in [0.29, 0.717) is 17.4 Å². The summed E-state index contributed by atoms with van der Waals surface area (Å²) in [5.74, 6) is 1.35. The minimum Gasteiger partial charge on any atom is -0.507 e. The molecule has 1 saturated carbocycles. The summed E-state index contributed by atoms with van der Waals surface area (Å²) < 4.78 is 0. The molecule has 2 nitrogen and oxygen atoms in total. The van der Waals surface area contributed by atoms with Crippen molar-refractivity contribution in [2.75, 3.05) is 0 Å². The Morgan fingerprint density at radius 3 is 1.55 bits per heavy atom. The van der Waals surface area contributed by atoms with Gasteiger partial charge in [0.2, 0.25) is 0 Å². The molecule has 2 aromatic rings. The minimum atomic E-state index is 0.0807. The lowest BCUT2D eigenvalue weighted by Crippen LogP contribution is -2.06. The van der Waals surface area contributed by atoms with E-state index in [1.165, 1.54) is 0 Å². The molecule has 0 spiro atoms. The molecule has 1 fully saturated rings. The van der Waals surface area contributed by atoms with Crippen LogP contribution in [0.5, 0.6) is 11.5 Å². The number of hydrogen-bond donors (Lipinski definition) is 2. The maximum Gasteiger partial charge on any atom is 0.122 e. The third kappa shape index (κ3) is 2.58. The summed E-state index contributed by atoms with van der Waals surface area (Å²) in [6.45, 7) is 8.00. The molecule has 2 aromatic carbocycles. The summed E-state index contributed by atoms with van der Waals surface area (Å²) in [6.07, 6.45) is 2.31. The van der Waals surface area contributed by atoms with Crippen LogP contribution in [0.2, 0.25) is 0 Å². The van der Waals surface area contributed by atoms with Crippen molar-refractivity contribution in [2.24, 2.45) is 5.92 Å². The monoisotopic (exact) mass is 296 g/mol. The number of phenolic OH excluding ortho intramolecular Hbond substituents is 2. The average Bonchev–Trinajstić information content (AvgIpc) is 3.25. The number of benzene rings is 2. The molecule has 0 aliphatic heterocycles. The van der Waals surface area contributed by atoms with Crippen molar-refractivity contribution in [3.8, 4) is 11.5 Å². The van der Waals surface area contributed by atoms with E-state index in [2.05, 4.69) is 26.0 Å². The van der Waals surface area contributed by atoms with E-state index >= 15 is 0 Å². The van der Waals surface area contributed by atoms with Gasteiger partial charge in [0.1, 0.15) is 11.5 Å². The Kier molecular flexibility index (Phi) is 3.64. The number of rotatable bonds is 3. The Bertz CT molecular complexity index is 669. The molecule has 0 atom stereocenters. The summed E-state index contributed by atoms with van der Waals surface area (Å²) in [5, 5.41) is 21.2. The van der Waals surface area contributed by atoms with Gasteiger partial charge in [-0.2, -0.15) is 0 Å². The fraction of sp³-hybridized carbons (Fsp3) is 0.400. The molecular formula is C20H24O2. The molecule has 2 N–H and O–H groups in total. The van der Waals surface area contributed by atoms with Crippen LogP contribution in [0.15, 0.2) is 24.3 Å². The molecule has 0 unspecified atom stereocenters. The molecule has 0 amide bonds. The molecule has 0 bridgehead atoms. The molecule has 0 heterocycles. The van der Waals surface area contributed by atoms with Gasteiger partial charge in [0.25, 0.3) is 0 Å². The highest BCUT2D eigenvalue weighted by Gasteiger charge is 2.37. The predicted octanol–water partition coefficient (Wildman–Crippen LogP) is 4.87. The first kappa shape index (κ1) is 15.0. The van der Waals surface area contributed by atoms with Crippen molar-refractivity contribution in [2.45, 2.75) is 46.5 Å². The first-order valence-corrected chi connectivity index (χ1v) is 7.98. The molecule has 116 valence electrons. The molecular weight excluding hydrogens is 272 g/mol. The normalized spacial score (nSPS) is 14.6. The first-order valence-electron chi connectivity index (χ1n) is 7.98. The van der Waals surface area contributed by atoms with Gasteiger partial charge < -0.3 is 10.2 Å². The van der Waals surface area contributed by atoms with E-state index in [4.69, 9.17) is 0 Å². The van der Waals surface area contributed by atoms with E-state index in [0.717, 1.165) is 46.2 Å². The molecule has 1 aliphatic carbocycles. The maximum absolute atomic E-state index is 10.6. The van der Waals surface area contributed by atoms with Crippen LogP contribution in [0.3, 0.4) is 0 Å². The lowest BCUT2D eigenvalue weighted by atomic mass is 9.83. The van der Waals surface area contributed by atoms with Gasteiger partial charge in [0.05, 0.1) is 0 Å². The summed E-state index contributed by atoms with van der Waals surface area (Å²) in [6, 6.07) is 8.15. The number of aromatic hydroxyl groups is 2. The Morgan fingerprint density at radius 1 is 0.773 bits per heavy atom. The highest BCUT2D eigenvalue weighted by atomic mass is 16.3. The topological polar surface area (TPSA) is 40.5 Å². The van der Waals surface area contributed by atoms with Crippen molar-refractivity contribution in [3.63, 3.8) is 0 Å². The van der Waals surface area contributed by atoms with E-state index in [9.17, 15) is 10.2 Å². The Labute approximate surface area is 132 Å². The quantitative estimate of drug-likeness (QED) is 0.848. The third-order valence-corrected chi connectivity index (χ3v) is 4.71. The van der Waals surface area contributed by atoms with Gasteiger partial charge in [-0.25, -0.2) is 0 Å². The molecule has 1 aliphatic rings. The second kappa shape index (κ2) is 5.35. The summed E-state index contributed by atoms with van der Waals surface area (Å²) >= 11 is 0. The fourth-order valence-electron chi connectivity index (χ4n) is 3.56. The molecule has 22 heavy (non-hydrogen) atoms. The highest BCUT2D eigenvalue weighted by molar-refractivity contribution is 5.54. The van der Waals surface area contributed by atoms with Crippen LogP contribution in [0.1, 0.15) is 52.1 Å². The van der Waals surface area contributed by atoms with E-state index in [-0.39, 0.29) is 5.92 Å². The van der Waals surface area contributed by atoms with E-state index in [1.807, 2.05) is 26.0 Å². The molecule has 0 aromatic heterocycles. The second-order valence-corrected chi connectivity index (χ2v) is 6.85. The Morgan fingerprint density at radius 2 is 1.18 bits per heavy atom. The van der Waals surface area contributed by atoms with Crippen LogP contribution in [-0.2, 0) is 0 Å². The Balaban J connectivity index is 2.21. The summed E-state index contributed by atoms with van der Waals surface area (Å²) in [7, 11) is 0. The molecule has 2 heteroatoms. The van der Waals surface area contributed by atoms with E-state index in [1.54, 1.807) is 0 Å². The van der Waals surface area contributed by atoms with Gasteiger partial charge >= 0.3 is 0 Å². The first-order chi connectivity index (χ1) is 10.4. The SMILES string of the molecule is Cc1cc(C)c(O)c(C(c2cc(C)cc(C)c2O)C2CC2)c1. The predicted molar refractivity (Wildman–Crippen MR) is 89.7 cm³/mol. The standard InChI is InChI=1S/C20H24O2/c1-11-7-13(3)19(21)16(9-11)18(15-5-6-15)17-10-12(2)8-14(4)20(17)22/h7-10,15,18,21-22H,5-6H2,1-4H3. The van der Waals surface area contributed by atoms with Crippen LogP contribution >= 0.6 is 0 Å². The minimum absolute atomic E-state index is 0.0807. The maximum atomic E-state index is 10.6. The average molecular weight is 296 g/mol. The van der Waals surface area contributed by atoms with Gasteiger partial charge in [-0.05, 0) is 57.6 Å². The van der Waals surface area contributed by atoms with E-state index < -0.39 is 0 Å². The zero-order valence-corrected chi connectivity index (χ0v) is 13.8. The van der Waals surface area contributed by atoms with Crippen LogP contribution in [0.25, 0.3) is 0 Å². The molecule has 0 saturated heterocycles. The van der Waals surface area contributed by atoms with Crippen molar-refractivity contribution in [1.82, 2.24) is 0 Å². The lowest BCUT2D eigenvalue weighted by Gasteiger charge is -2.23. The van der Waals surface area contributed by atoms with Gasteiger partial charge in [-0.1, -0.05) is 35.4 Å². The van der Waals surface area contributed by atoms with Gasteiger partial charge in [-0.3, -0.25) is 0 Å². The smallest absolute Gasteiger partial charge is 0.122 e. The summed E-state index contributed by atoms with van der Waals surface area (Å²) in [4.78, 5) is 0. The van der Waals surface area contributed by atoms with Crippen molar-refractivity contribution < 1.29 is 10.2 Å². The van der Waals surface area contributed by atoms with Crippen molar-refractivity contribution in [3.05, 3.63) is 57.6 Å². The zero-order chi connectivity index (χ0) is 16.0. The Hall–Kier alpha value is -1.96. The van der Waals surface area contributed by atoms with Crippen LogP contribution in [-0.4, -0.2) is 10.2 Å². The second-order valence-electron chi connectivity index (χ2n) is 6.85. The number of phenols is 2. The van der Waals surface area contributed by atoms with Gasteiger partial charge in [0, 0.05) is 17.0 Å². The van der Waals surface area contributed by atoms with Gasteiger partial charge in [0.15, 0.2) is 0 Å². The third-order valence-electron chi connectivity index (χ3n) is 4.71. The fourth-order valence-corrected chi connectivity index (χ4v) is 3.56. The zero-order valence-electron chi connectivity index (χ0n) is 13.8. The van der Waals surface area contributed by atoms with Crippen molar-refractivity contribution in [1.29, 1.82) is 0 Å². The van der Waals surface area contributed by atoms with Crippen LogP contribution < -0.4 is 0 Å². The summed E-state index contributed by atoms with van der Waals surface area (Å²) in [5.41, 5.74) is 6.04. The molecule has 3 rings (SSSR count). The highest BCUT2D eigenvalue weighted by Crippen LogP contribution is 2.51. The van der Waals surface area contributed by atoms with Crippen LogP contribution in [0.4, 0.5) is 0 Å².